The zero-order valence-corrected chi connectivity index (χ0v) is 9.42. The molecular weight excluding hydrogens is 247 g/mol. The summed E-state index contributed by atoms with van der Waals surface area (Å²) in [6.07, 6.45) is 1.65. The molecule has 1 heterocycles. The molecular formula is C12H8F3NS. The van der Waals surface area contributed by atoms with E-state index >= 15 is 0 Å². The van der Waals surface area contributed by atoms with Gasteiger partial charge < -0.3 is 0 Å². The number of alkyl halides is 3. The van der Waals surface area contributed by atoms with Crippen LogP contribution in [-0.2, 0) is 0 Å². The maximum Gasteiger partial charge on any atom is 0.446 e. The fourth-order valence-corrected chi connectivity index (χ4v) is 1.90. The standard InChI is InChI=1S/C12H8F3NS/c13-12(14,15)17-10-6-4-9(5-7-10)11-3-1-2-8-16-11/h1-8H. The number of thioether (sulfide) groups is 1. The number of hydrogen-bond donors (Lipinski definition) is 0. The summed E-state index contributed by atoms with van der Waals surface area (Å²) in [7, 11) is 0. The second-order valence-corrected chi connectivity index (χ2v) is 4.43. The van der Waals surface area contributed by atoms with Crippen molar-refractivity contribution in [2.75, 3.05) is 0 Å². The van der Waals surface area contributed by atoms with Crippen molar-refractivity contribution >= 4 is 11.8 Å². The summed E-state index contributed by atoms with van der Waals surface area (Å²) in [6.45, 7) is 0. The SMILES string of the molecule is FC(F)(F)Sc1ccc(-c2ccccn2)cc1. The van der Waals surface area contributed by atoms with Crippen LogP contribution in [0.25, 0.3) is 11.3 Å². The number of benzene rings is 1. The van der Waals surface area contributed by atoms with E-state index in [1.165, 1.54) is 12.1 Å². The molecule has 0 unspecified atom stereocenters. The average molecular weight is 255 g/mol. The Kier molecular flexibility index (Phi) is 3.38. The van der Waals surface area contributed by atoms with Gasteiger partial charge in [-0.1, -0.05) is 18.2 Å². The van der Waals surface area contributed by atoms with Crippen LogP contribution in [-0.4, -0.2) is 10.5 Å². The van der Waals surface area contributed by atoms with Crippen LogP contribution in [0.4, 0.5) is 13.2 Å². The molecule has 0 saturated carbocycles. The minimum Gasteiger partial charge on any atom is -0.256 e. The lowest BCUT2D eigenvalue weighted by Gasteiger charge is -2.06. The first-order valence-electron chi connectivity index (χ1n) is 4.82. The summed E-state index contributed by atoms with van der Waals surface area (Å²) >= 11 is -0.116. The lowest BCUT2D eigenvalue weighted by molar-refractivity contribution is -0.0328. The molecule has 0 fully saturated rings. The highest BCUT2D eigenvalue weighted by Crippen LogP contribution is 2.37. The number of halogens is 3. The van der Waals surface area contributed by atoms with Crippen molar-refractivity contribution in [1.29, 1.82) is 0 Å². The van der Waals surface area contributed by atoms with Crippen molar-refractivity contribution in [3.63, 3.8) is 0 Å². The Hall–Kier alpha value is -1.49. The molecule has 0 spiro atoms. The molecule has 0 saturated heterocycles. The zero-order chi connectivity index (χ0) is 12.3. The van der Waals surface area contributed by atoms with Crippen LogP contribution in [0, 0.1) is 0 Å². The average Bonchev–Trinajstić information content (AvgIpc) is 2.29. The van der Waals surface area contributed by atoms with E-state index in [0.717, 1.165) is 11.3 Å². The Bertz CT molecular complexity index is 479. The fourth-order valence-electron chi connectivity index (χ4n) is 1.36. The quantitative estimate of drug-likeness (QED) is 0.739. The minimum atomic E-state index is -4.24. The summed E-state index contributed by atoms with van der Waals surface area (Å²) in [5.41, 5.74) is -2.69. The van der Waals surface area contributed by atoms with Gasteiger partial charge in [0, 0.05) is 16.7 Å². The maximum atomic E-state index is 12.1. The Balaban J connectivity index is 2.19. The summed E-state index contributed by atoms with van der Waals surface area (Å²) in [5, 5.41) is 0. The van der Waals surface area contributed by atoms with Crippen molar-refractivity contribution in [2.45, 2.75) is 10.4 Å². The molecule has 5 heteroatoms. The van der Waals surface area contributed by atoms with Gasteiger partial charge in [-0.3, -0.25) is 4.98 Å². The van der Waals surface area contributed by atoms with Crippen LogP contribution in [0.15, 0.2) is 53.6 Å². The first kappa shape index (κ1) is 12.0. The van der Waals surface area contributed by atoms with Crippen molar-refractivity contribution in [3.8, 4) is 11.3 Å². The molecule has 0 radical (unpaired) electrons. The lowest BCUT2D eigenvalue weighted by atomic mass is 10.1. The van der Waals surface area contributed by atoms with Crippen LogP contribution in [0.3, 0.4) is 0 Å². The van der Waals surface area contributed by atoms with Crippen molar-refractivity contribution in [1.82, 2.24) is 4.98 Å². The van der Waals surface area contributed by atoms with Gasteiger partial charge in [-0.25, -0.2) is 0 Å². The molecule has 1 nitrogen and oxygen atoms in total. The van der Waals surface area contributed by atoms with E-state index < -0.39 is 5.51 Å². The third kappa shape index (κ3) is 3.49. The van der Waals surface area contributed by atoms with Gasteiger partial charge in [0.25, 0.3) is 0 Å². The molecule has 1 aromatic heterocycles. The number of pyridine rings is 1. The van der Waals surface area contributed by atoms with E-state index in [1.807, 2.05) is 12.1 Å². The van der Waals surface area contributed by atoms with E-state index in [-0.39, 0.29) is 16.7 Å². The molecule has 1 aromatic carbocycles. The molecule has 0 amide bonds. The summed E-state index contributed by atoms with van der Waals surface area (Å²) < 4.78 is 36.3. The molecule has 0 aliphatic carbocycles. The van der Waals surface area contributed by atoms with Crippen LogP contribution in [0.1, 0.15) is 0 Å². The molecule has 2 rings (SSSR count). The van der Waals surface area contributed by atoms with E-state index in [2.05, 4.69) is 4.98 Å². The molecule has 0 aliphatic heterocycles. The molecule has 88 valence electrons. The third-order valence-electron chi connectivity index (χ3n) is 2.05. The second kappa shape index (κ2) is 4.79. The minimum absolute atomic E-state index is 0.116. The van der Waals surface area contributed by atoms with Crippen LogP contribution >= 0.6 is 11.8 Å². The van der Waals surface area contributed by atoms with Gasteiger partial charge >= 0.3 is 5.51 Å². The van der Waals surface area contributed by atoms with Gasteiger partial charge in [-0.15, -0.1) is 0 Å². The number of aromatic nitrogens is 1. The van der Waals surface area contributed by atoms with Crippen LogP contribution < -0.4 is 0 Å². The Labute approximate surface area is 101 Å². The van der Waals surface area contributed by atoms with Crippen molar-refractivity contribution in [3.05, 3.63) is 48.7 Å². The summed E-state index contributed by atoms with van der Waals surface area (Å²) in [4.78, 5) is 4.30. The Morgan fingerprint density at radius 1 is 0.941 bits per heavy atom. The highest BCUT2D eigenvalue weighted by atomic mass is 32.2. The highest BCUT2D eigenvalue weighted by Gasteiger charge is 2.28. The van der Waals surface area contributed by atoms with Crippen molar-refractivity contribution in [2.24, 2.45) is 0 Å². The van der Waals surface area contributed by atoms with Gasteiger partial charge in [0.2, 0.25) is 0 Å². The Morgan fingerprint density at radius 2 is 1.65 bits per heavy atom. The van der Waals surface area contributed by atoms with Crippen molar-refractivity contribution < 1.29 is 13.2 Å². The molecule has 0 aliphatic rings. The predicted octanol–water partition coefficient (Wildman–Crippen LogP) is 4.36. The molecule has 0 atom stereocenters. The third-order valence-corrected chi connectivity index (χ3v) is 2.79. The van der Waals surface area contributed by atoms with E-state index in [0.29, 0.717) is 0 Å². The molecule has 17 heavy (non-hydrogen) atoms. The molecule has 2 aromatic rings. The summed E-state index contributed by atoms with van der Waals surface area (Å²) in [5.74, 6) is 0. The Morgan fingerprint density at radius 3 is 2.18 bits per heavy atom. The zero-order valence-electron chi connectivity index (χ0n) is 8.61. The number of rotatable bonds is 2. The summed E-state index contributed by atoms with van der Waals surface area (Å²) in [6, 6.07) is 11.6. The monoisotopic (exact) mass is 255 g/mol. The predicted molar refractivity (Wildman–Crippen MR) is 61.6 cm³/mol. The lowest BCUT2D eigenvalue weighted by Crippen LogP contribution is -1.98. The smallest absolute Gasteiger partial charge is 0.256 e. The largest absolute Gasteiger partial charge is 0.446 e. The highest BCUT2D eigenvalue weighted by molar-refractivity contribution is 8.00. The molecule has 0 N–H and O–H groups in total. The first-order valence-corrected chi connectivity index (χ1v) is 5.63. The van der Waals surface area contributed by atoms with E-state index in [1.54, 1.807) is 24.4 Å². The van der Waals surface area contributed by atoms with E-state index in [9.17, 15) is 13.2 Å². The van der Waals surface area contributed by atoms with Crippen LogP contribution in [0.2, 0.25) is 0 Å². The number of nitrogens with zero attached hydrogens (tertiary/aromatic N) is 1. The fraction of sp³-hybridized carbons (Fsp3) is 0.0833. The second-order valence-electron chi connectivity index (χ2n) is 3.29. The maximum absolute atomic E-state index is 12.1. The van der Waals surface area contributed by atoms with Gasteiger partial charge in [0.1, 0.15) is 0 Å². The van der Waals surface area contributed by atoms with Gasteiger partial charge in [-0.05, 0) is 36.0 Å². The van der Waals surface area contributed by atoms with Gasteiger partial charge in [-0.2, -0.15) is 13.2 Å². The van der Waals surface area contributed by atoms with E-state index in [4.69, 9.17) is 0 Å². The van der Waals surface area contributed by atoms with Gasteiger partial charge in [0.15, 0.2) is 0 Å². The topological polar surface area (TPSA) is 12.9 Å². The van der Waals surface area contributed by atoms with Crippen LogP contribution in [0.5, 0.6) is 0 Å². The first-order chi connectivity index (χ1) is 8.04. The van der Waals surface area contributed by atoms with Gasteiger partial charge in [0.05, 0.1) is 5.69 Å². The normalized spacial score (nSPS) is 11.5. The molecule has 0 bridgehead atoms. The number of hydrogen-bond acceptors (Lipinski definition) is 2.